The molecular formula is C13H23NO2. The highest BCUT2D eigenvalue weighted by Crippen LogP contribution is 2.29. The number of allylic oxidation sites excluding steroid dienone is 2. The van der Waals surface area contributed by atoms with Crippen molar-refractivity contribution in [3.63, 3.8) is 0 Å². The maximum Gasteiger partial charge on any atom is 0.216 e. The summed E-state index contributed by atoms with van der Waals surface area (Å²) in [6.45, 7) is 2.18. The van der Waals surface area contributed by atoms with Crippen molar-refractivity contribution in [3.8, 4) is 0 Å². The Balaban J connectivity index is 2.32. The number of hydrogen-bond donors (Lipinski definition) is 0. The van der Waals surface area contributed by atoms with Crippen LogP contribution in [0.25, 0.3) is 0 Å². The van der Waals surface area contributed by atoms with E-state index in [1.165, 1.54) is 12.8 Å². The zero-order chi connectivity index (χ0) is 11.8. The first-order valence-corrected chi connectivity index (χ1v) is 6.54. The Labute approximate surface area is 98.1 Å². The number of hydrogen-bond acceptors (Lipinski definition) is 2. The van der Waals surface area contributed by atoms with Crippen molar-refractivity contribution in [2.75, 3.05) is 0 Å². The topological polar surface area (TPSA) is 43.1 Å². The highest BCUT2D eigenvalue weighted by molar-refractivity contribution is 4.87. The van der Waals surface area contributed by atoms with Crippen LogP contribution in [0, 0.1) is 16.0 Å². The maximum absolute atomic E-state index is 10.9. The molecule has 1 aliphatic carbocycles. The lowest BCUT2D eigenvalue weighted by Crippen LogP contribution is -2.31. The SMILES string of the molecule is CCCC/C=C/C[C@@H]1CCCC[C@H]1[N+](=O)[O-]. The van der Waals surface area contributed by atoms with Crippen LogP contribution in [0.2, 0.25) is 0 Å². The molecule has 16 heavy (non-hydrogen) atoms. The van der Waals surface area contributed by atoms with Gasteiger partial charge in [-0.15, -0.1) is 0 Å². The second-order valence-corrected chi connectivity index (χ2v) is 4.75. The molecule has 3 heteroatoms. The van der Waals surface area contributed by atoms with Crippen molar-refractivity contribution < 1.29 is 4.92 Å². The van der Waals surface area contributed by atoms with Gasteiger partial charge >= 0.3 is 0 Å². The molecule has 0 aliphatic heterocycles. The molecule has 3 nitrogen and oxygen atoms in total. The van der Waals surface area contributed by atoms with Gasteiger partial charge in [0.25, 0.3) is 0 Å². The Morgan fingerprint density at radius 3 is 2.75 bits per heavy atom. The van der Waals surface area contributed by atoms with Gasteiger partial charge in [-0.3, -0.25) is 10.1 Å². The molecule has 1 fully saturated rings. The molecule has 0 amide bonds. The molecule has 0 spiro atoms. The lowest BCUT2D eigenvalue weighted by Gasteiger charge is -2.24. The minimum Gasteiger partial charge on any atom is -0.264 e. The summed E-state index contributed by atoms with van der Waals surface area (Å²) in [4.78, 5) is 10.8. The standard InChI is InChI=1S/C13H23NO2/c1-2-3-4-5-6-9-12-10-7-8-11-13(12)14(15)16/h5-6,12-13H,2-4,7-11H2,1H3/b6-5+/t12-,13-/m1/s1. The second kappa shape index (κ2) is 7.42. The summed E-state index contributed by atoms with van der Waals surface area (Å²) < 4.78 is 0. The minimum atomic E-state index is -0.287. The van der Waals surface area contributed by atoms with Crippen LogP contribution in [-0.4, -0.2) is 11.0 Å². The fraction of sp³-hybridized carbons (Fsp3) is 0.846. The Hall–Kier alpha value is -0.860. The largest absolute Gasteiger partial charge is 0.264 e. The van der Waals surface area contributed by atoms with Gasteiger partial charge in [-0.1, -0.05) is 38.3 Å². The van der Waals surface area contributed by atoms with Crippen LogP contribution in [0.1, 0.15) is 58.3 Å². The summed E-state index contributed by atoms with van der Waals surface area (Å²) >= 11 is 0. The van der Waals surface area contributed by atoms with Crippen LogP contribution >= 0.6 is 0 Å². The van der Waals surface area contributed by atoms with E-state index in [0.717, 1.165) is 38.5 Å². The quantitative estimate of drug-likeness (QED) is 0.297. The summed E-state index contributed by atoms with van der Waals surface area (Å²) in [5, 5.41) is 10.9. The van der Waals surface area contributed by atoms with E-state index < -0.39 is 0 Å². The number of rotatable bonds is 6. The molecule has 1 saturated carbocycles. The van der Waals surface area contributed by atoms with Gasteiger partial charge in [0, 0.05) is 17.3 Å². The molecule has 0 bridgehead atoms. The number of nitro groups is 1. The third kappa shape index (κ3) is 4.33. The smallest absolute Gasteiger partial charge is 0.216 e. The van der Waals surface area contributed by atoms with E-state index in [9.17, 15) is 10.1 Å². The van der Waals surface area contributed by atoms with E-state index in [-0.39, 0.29) is 16.9 Å². The molecule has 0 aromatic rings. The third-order valence-electron chi connectivity index (χ3n) is 3.47. The highest BCUT2D eigenvalue weighted by atomic mass is 16.6. The minimum absolute atomic E-state index is 0.0658. The van der Waals surface area contributed by atoms with Gasteiger partial charge in [0.05, 0.1) is 0 Å². The number of nitrogens with zero attached hydrogens (tertiary/aromatic N) is 1. The van der Waals surface area contributed by atoms with Gasteiger partial charge in [-0.05, 0) is 25.7 Å². The fourth-order valence-corrected chi connectivity index (χ4v) is 2.45. The predicted octanol–water partition coefficient (Wildman–Crippen LogP) is 3.96. The Bertz CT molecular complexity index is 238. The van der Waals surface area contributed by atoms with E-state index in [1.807, 2.05) is 0 Å². The lowest BCUT2D eigenvalue weighted by atomic mass is 9.82. The molecule has 1 aliphatic rings. The van der Waals surface area contributed by atoms with Crippen molar-refractivity contribution in [2.24, 2.45) is 5.92 Å². The predicted molar refractivity (Wildman–Crippen MR) is 66.0 cm³/mol. The van der Waals surface area contributed by atoms with Gasteiger partial charge in [-0.25, -0.2) is 0 Å². The highest BCUT2D eigenvalue weighted by Gasteiger charge is 2.32. The van der Waals surface area contributed by atoms with E-state index in [2.05, 4.69) is 19.1 Å². The van der Waals surface area contributed by atoms with Crippen LogP contribution in [-0.2, 0) is 0 Å². The lowest BCUT2D eigenvalue weighted by molar-refractivity contribution is -0.535. The molecule has 0 radical (unpaired) electrons. The van der Waals surface area contributed by atoms with Gasteiger partial charge < -0.3 is 0 Å². The molecule has 0 heterocycles. The average Bonchev–Trinajstić information content (AvgIpc) is 2.29. The van der Waals surface area contributed by atoms with E-state index in [1.54, 1.807) is 0 Å². The first-order chi connectivity index (χ1) is 7.75. The fourth-order valence-electron chi connectivity index (χ4n) is 2.45. The van der Waals surface area contributed by atoms with Crippen LogP contribution < -0.4 is 0 Å². The van der Waals surface area contributed by atoms with Gasteiger partial charge in [0.15, 0.2) is 0 Å². The summed E-state index contributed by atoms with van der Waals surface area (Å²) in [6.07, 6.45) is 12.8. The Kier molecular flexibility index (Phi) is 6.12. The van der Waals surface area contributed by atoms with Crippen molar-refractivity contribution in [1.29, 1.82) is 0 Å². The molecule has 0 saturated heterocycles. The summed E-state index contributed by atoms with van der Waals surface area (Å²) in [6, 6.07) is -0.287. The molecule has 0 aromatic heterocycles. The van der Waals surface area contributed by atoms with Gasteiger partial charge in [0.2, 0.25) is 6.04 Å². The monoisotopic (exact) mass is 225 g/mol. The molecule has 0 N–H and O–H groups in total. The molecule has 0 aromatic carbocycles. The normalized spacial score (nSPS) is 26.1. The second-order valence-electron chi connectivity index (χ2n) is 4.75. The zero-order valence-corrected chi connectivity index (χ0v) is 10.2. The van der Waals surface area contributed by atoms with E-state index >= 15 is 0 Å². The molecular weight excluding hydrogens is 202 g/mol. The van der Waals surface area contributed by atoms with Crippen LogP contribution in [0.3, 0.4) is 0 Å². The molecule has 0 unspecified atom stereocenters. The molecule has 1 rings (SSSR count). The van der Waals surface area contributed by atoms with Gasteiger partial charge in [0.1, 0.15) is 0 Å². The van der Waals surface area contributed by atoms with Crippen molar-refractivity contribution in [3.05, 3.63) is 22.3 Å². The first-order valence-electron chi connectivity index (χ1n) is 6.54. The van der Waals surface area contributed by atoms with Crippen LogP contribution in [0.5, 0.6) is 0 Å². The Morgan fingerprint density at radius 2 is 2.06 bits per heavy atom. The zero-order valence-electron chi connectivity index (χ0n) is 10.2. The van der Waals surface area contributed by atoms with Gasteiger partial charge in [-0.2, -0.15) is 0 Å². The van der Waals surface area contributed by atoms with E-state index in [4.69, 9.17) is 0 Å². The molecule has 92 valence electrons. The van der Waals surface area contributed by atoms with Crippen molar-refractivity contribution in [2.45, 2.75) is 64.3 Å². The first kappa shape index (κ1) is 13.2. The maximum atomic E-state index is 10.9. The Morgan fingerprint density at radius 1 is 1.31 bits per heavy atom. The van der Waals surface area contributed by atoms with E-state index in [0.29, 0.717) is 0 Å². The van der Waals surface area contributed by atoms with Crippen LogP contribution in [0.4, 0.5) is 0 Å². The van der Waals surface area contributed by atoms with Crippen LogP contribution in [0.15, 0.2) is 12.2 Å². The number of unbranched alkanes of at least 4 members (excludes halogenated alkanes) is 2. The third-order valence-corrected chi connectivity index (χ3v) is 3.47. The summed E-state index contributed by atoms with van der Waals surface area (Å²) in [7, 11) is 0. The average molecular weight is 225 g/mol. The summed E-state index contributed by atoms with van der Waals surface area (Å²) in [5.41, 5.74) is 0. The van der Waals surface area contributed by atoms with Crippen molar-refractivity contribution in [1.82, 2.24) is 0 Å². The van der Waals surface area contributed by atoms with Crippen molar-refractivity contribution >= 4 is 0 Å². The summed E-state index contributed by atoms with van der Waals surface area (Å²) in [5.74, 6) is 0.279. The molecule has 2 atom stereocenters.